The first-order valence-corrected chi connectivity index (χ1v) is 6.48. The standard InChI is InChI=1S/C15H16N2O4/c1-11-3-8-14(21-11)10-16(2)15(18)9-12-4-6-13(7-5-12)17(19)20/h3-8H,9-10H2,1-2H3. The van der Waals surface area contributed by atoms with E-state index >= 15 is 0 Å². The largest absolute Gasteiger partial charge is 0.464 e. The highest BCUT2D eigenvalue weighted by molar-refractivity contribution is 5.78. The van der Waals surface area contributed by atoms with Crippen LogP contribution in [0.3, 0.4) is 0 Å². The number of hydrogen-bond donors (Lipinski definition) is 0. The number of carbonyl (C=O) groups excluding carboxylic acids is 1. The first kappa shape index (κ1) is 14.8. The van der Waals surface area contributed by atoms with Crippen LogP contribution in [0.5, 0.6) is 0 Å². The number of nitro groups is 1. The highest BCUT2D eigenvalue weighted by atomic mass is 16.6. The van der Waals surface area contributed by atoms with E-state index in [1.807, 2.05) is 19.1 Å². The van der Waals surface area contributed by atoms with Gasteiger partial charge in [0.05, 0.1) is 17.9 Å². The van der Waals surface area contributed by atoms with E-state index in [1.165, 1.54) is 12.1 Å². The monoisotopic (exact) mass is 288 g/mol. The third-order valence-corrected chi connectivity index (χ3v) is 3.12. The van der Waals surface area contributed by atoms with E-state index in [-0.39, 0.29) is 18.0 Å². The normalized spacial score (nSPS) is 10.4. The summed E-state index contributed by atoms with van der Waals surface area (Å²) < 4.78 is 5.43. The number of furan rings is 1. The first-order chi connectivity index (χ1) is 9.95. The van der Waals surface area contributed by atoms with Gasteiger partial charge in [0.25, 0.3) is 5.69 Å². The number of hydrogen-bond acceptors (Lipinski definition) is 4. The number of likely N-dealkylation sites (N-methyl/N-ethyl adjacent to an activating group) is 1. The highest BCUT2D eigenvalue weighted by Gasteiger charge is 2.13. The van der Waals surface area contributed by atoms with Crippen LogP contribution in [0.25, 0.3) is 0 Å². The molecule has 1 aromatic heterocycles. The Kier molecular flexibility index (Phi) is 4.37. The van der Waals surface area contributed by atoms with Gasteiger partial charge < -0.3 is 9.32 Å². The van der Waals surface area contributed by atoms with Gasteiger partial charge in [-0.25, -0.2) is 0 Å². The van der Waals surface area contributed by atoms with E-state index in [0.717, 1.165) is 17.1 Å². The van der Waals surface area contributed by atoms with Crippen LogP contribution in [0.15, 0.2) is 40.8 Å². The molecule has 0 N–H and O–H groups in total. The van der Waals surface area contributed by atoms with Crippen molar-refractivity contribution >= 4 is 11.6 Å². The molecular formula is C15H16N2O4. The number of nitro benzene ring substituents is 1. The Morgan fingerprint density at radius 3 is 2.43 bits per heavy atom. The summed E-state index contributed by atoms with van der Waals surface area (Å²) in [6, 6.07) is 9.69. The predicted molar refractivity (Wildman–Crippen MR) is 76.7 cm³/mol. The topological polar surface area (TPSA) is 76.6 Å². The molecule has 21 heavy (non-hydrogen) atoms. The van der Waals surface area contributed by atoms with Crippen molar-refractivity contribution in [2.24, 2.45) is 0 Å². The van der Waals surface area contributed by atoms with E-state index in [2.05, 4.69) is 0 Å². The zero-order valence-electron chi connectivity index (χ0n) is 11.9. The minimum absolute atomic E-state index is 0.0191. The summed E-state index contributed by atoms with van der Waals surface area (Å²) in [5, 5.41) is 10.6. The van der Waals surface area contributed by atoms with E-state index in [9.17, 15) is 14.9 Å². The van der Waals surface area contributed by atoms with Crippen LogP contribution in [-0.2, 0) is 17.8 Å². The molecule has 0 saturated heterocycles. The van der Waals surface area contributed by atoms with Crippen molar-refractivity contribution in [3.8, 4) is 0 Å². The molecule has 1 aromatic carbocycles. The van der Waals surface area contributed by atoms with Gasteiger partial charge in [-0.1, -0.05) is 12.1 Å². The Balaban J connectivity index is 1.95. The molecule has 0 aliphatic heterocycles. The van der Waals surface area contributed by atoms with Gasteiger partial charge in [0.2, 0.25) is 5.91 Å². The van der Waals surface area contributed by atoms with Crippen LogP contribution >= 0.6 is 0 Å². The van der Waals surface area contributed by atoms with Crippen LogP contribution in [-0.4, -0.2) is 22.8 Å². The molecule has 0 bridgehead atoms. The fourth-order valence-electron chi connectivity index (χ4n) is 1.94. The Labute approximate surface area is 122 Å². The molecule has 6 nitrogen and oxygen atoms in total. The average molecular weight is 288 g/mol. The van der Waals surface area contributed by atoms with E-state index in [4.69, 9.17) is 4.42 Å². The van der Waals surface area contributed by atoms with Gasteiger partial charge in [-0.05, 0) is 24.6 Å². The fourth-order valence-corrected chi connectivity index (χ4v) is 1.94. The van der Waals surface area contributed by atoms with Crippen molar-refractivity contribution in [3.05, 3.63) is 63.6 Å². The Hall–Kier alpha value is -2.63. The average Bonchev–Trinajstić information content (AvgIpc) is 2.84. The zero-order valence-corrected chi connectivity index (χ0v) is 11.9. The van der Waals surface area contributed by atoms with Gasteiger partial charge in [0.1, 0.15) is 11.5 Å². The Bertz CT molecular complexity index is 646. The smallest absolute Gasteiger partial charge is 0.269 e. The molecule has 0 atom stereocenters. The van der Waals surface area contributed by atoms with Gasteiger partial charge in [0.15, 0.2) is 0 Å². The minimum atomic E-state index is -0.461. The maximum atomic E-state index is 12.1. The van der Waals surface area contributed by atoms with Crippen molar-refractivity contribution in [3.63, 3.8) is 0 Å². The summed E-state index contributed by atoms with van der Waals surface area (Å²) >= 11 is 0. The Morgan fingerprint density at radius 2 is 1.90 bits per heavy atom. The summed E-state index contributed by atoms with van der Waals surface area (Å²) in [5.74, 6) is 1.46. The maximum Gasteiger partial charge on any atom is 0.269 e. The van der Waals surface area contributed by atoms with Crippen molar-refractivity contribution < 1.29 is 14.1 Å². The zero-order chi connectivity index (χ0) is 15.4. The minimum Gasteiger partial charge on any atom is -0.464 e. The summed E-state index contributed by atoms with van der Waals surface area (Å²) in [7, 11) is 1.70. The number of nitrogens with zero attached hydrogens (tertiary/aromatic N) is 2. The van der Waals surface area contributed by atoms with Crippen LogP contribution in [0.2, 0.25) is 0 Å². The number of aryl methyl sites for hydroxylation is 1. The lowest BCUT2D eigenvalue weighted by Gasteiger charge is -2.15. The number of amides is 1. The summed E-state index contributed by atoms with van der Waals surface area (Å²) in [5.41, 5.74) is 0.763. The summed E-state index contributed by atoms with van der Waals surface area (Å²) in [4.78, 5) is 23.8. The van der Waals surface area contributed by atoms with Gasteiger partial charge in [-0.15, -0.1) is 0 Å². The first-order valence-electron chi connectivity index (χ1n) is 6.48. The summed E-state index contributed by atoms with van der Waals surface area (Å²) in [6.07, 6.45) is 0.203. The maximum absolute atomic E-state index is 12.1. The van der Waals surface area contributed by atoms with Gasteiger partial charge in [0, 0.05) is 19.2 Å². The lowest BCUT2D eigenvalue weighted by atomic mass is 10.1. The molecule has 0 unspecified atom stereocenters. The number of rotatable bonds is 5. The predicted octanol–water partition coefficient (Wildman–Crippen LogP) is 2.70. The lowest BCUT2D eigenvalue weighted by molar-refractivity contribution is -0.384. The molecule has 0 aliphatic rings. The van der Waals surface area contributed by atoms with E-state index < -0.39 is 4.92 Å². The van der Waals surface area contributed by atoms with Crippen molar-refractivity contribution in [1.29, 1.82) is 0 Å². The molecule has 0 saturated carbocycles. The van der Waals surface area contributed by atoms with Crippen LogP contribution in [0.1, 0.15) is 17.1 Å². The quantitative estimate of drug-likeness (QED) is 0.626. The van der Waals surface area contributed by atoms with Gasteiger partial charge in [-0.3, -0.25) is 14.9 Å². The fraction of sp³-hybridized carbons (Fsp3) is 0.267. The second kappa shape index (κ2) is 6.21. The highest BCUT2D eigenvalue weighted by Crippen LogP contribution is 2.14. The van der Waals surface area contributed by atoms with Crippen LogP contribution in [0, 0.1) is 17.0 Å². The van der Waals surface area contributed by atoms with Crippen molar-refractivity contribution in [2.75, 3.05) is 7.05 Å². The molecule has 1 heterocycles. The molecule has 0 aliphatic carbocycles. The molecule has 110 valence electrons. The molecule has 2 aromatic rings. The lowest BCUT2D eigenvalue weighted by Crippen LogP contribution is -2.27. The molecule has 0 spiro atoms. The number of non-ortho nitro benzene ring substituents is 1. The third-order valence-electron chi connectivity index (χ3n) is 3.12. The molecule has 1 amide bonds. The van der Waals surface area contributed by atoms with E-state index in [0.29, 0.717) is 6.54 Å². The van der Waals surface area contributed by atoms with Gasteiger partial charge >= 0.3 is 0 Å². The van der Waals surface area contributed by atoms with Crippen molar-refractivity contribution in [1.82, 2.24) is 4.90 Å². The number of carbonyl (C=O) groups is 1. The van der Waals surface area contributed by atoms with Crippen molar-refractivity contribution in [2.45, 2.75) is 19.9 Å². The SMILES string of the molecule is Cc1ccc(CN(C)C(=O)Cc2ccc([N+](=O)[O-])cc2)o1. The third kappa shape index (κ3) is 3.92. The Morgan fingerprint density at radius 1 is 1.24 bits per heavy atom. The molecule has 0 radical (unpaired) electrons. The molecular weight excluding hydrogens is 272 g/mol. The number of benzene rings is 1. The second-order valence-corrected chi connectivity index (χ2v) is 4.86. The van der Waals surface area contributed by atoms with Gasteiger partial charge in [-0.2, -0.15) is 0 Å². The molecule has 0 fully saturated rings. The van der Waals surface area contributed by atoms with Crippen LogP contribution in [0.4, 0.5) is 5.69 Å². The molecule has 6 heteroatoms. The van der Waals surface area contributed by atoms with E-state index in [1.54, 1.807) is 24.1 Å². The molecule has 2 rings (SSSR count). The van der Waals surface area contributed by atoms with Crippen LogP contribution < -0.4 is 0 Å². The second-order valence-electron chi connectivity index (χ2n) is 4.86. The summed E-state index contributed by atoms with van der Waals surface area (Å²) in [6.45, 7) is 2.25.